The molecule has 0 heterocycles. The van der Waals surface area contributed by atoms with Crippen molar-refractivity contribution in [1.82, 2.24) is 0 Å². The van der Waals surface area contributed by atoms with Crippen molar-refractivity contribution >= 4 is 17.6 Å². The van der Waals surface area contributed by atoms with Crippen molar-refractivity contribution in [3.05, 3.63) is 64.7 Å². The van der Waals surface area contributed by atoms with E-state index in [1.807, 2.05) is 32.0 Å². The molecule has 120 valence electrons. The van der Waals surface area contributed by atoms with Gasteiger partial charge in [0.2, 0.25) is 0 Å². The Kier molecular flexibility index (Phi) is 5.49. The van der Waals surface area contributed by atoms with Gasteiger partial charge in [-0.15, -0.1) is 0 Å². The minimum Gasteiger partial charge on any atom is -0.452 e. The molecule has 0 saturated heterocycles. The van der Waals surface area contributed by atoms with Crippen molar-refractivity contribution < 1.29 is 19.4 Å². The minimum absolute atomic E-state index is 0.0896. The molecule has 0 atom stereocenters. The van der Waals surface area contributed by atoms with E-state index in [1.54, 1.807) is 24.3 Å². The summed E-state index contributed by atoms with van der Waals surface area (Å²) in [6, 6.07) is 12.1. The lowest BCUT2D eigenvalue weighted by atomic mass is 10.1. The number of nitrogens with one attached hydrogen (secondary N) is 1. The SMILES string of the molecule is Cc1cc(C)cc(NC(=O)COC(=O)c2ccc(CO)cc2)c1. The number of rotatable bonds is 5. The maximum absolute atomic E-state index is 11.8. The van der Waals surface area contributed by atoms with Gasteiger partial charge in [-0.2, -0.15) is 0 Å². The molecule has 0 spiro atoms. The van der Waals surface area contributed by atoms with Crippen LogP contribution >= 0.6 is 0 Å². The van der Waals surface area contributed by atoms with Crippen molar-refractivity contribution in [2.45, 2.75) is 20.5 Å². The second kappa shape index (κ2) is 7.56. The summed E-state index contributed by atoms with van der Waals surface area (Å²) < 4.78 is 4.98. The first kappa shape index (κ1) is 16.7. The molecule has 0 saturated carbocycles. The lowest BCUT2D eigenvalue weighted by Crippen LogP contribution is -2.21. The topological polar surface area (TPSA) is 75.6 Å². The van der Waals surface area contributed by atoms with Gasteiger partial charge in [0, 0.05) is 5.69 Å². The molecule has 5 nitrogen and oxygen atoms in total. The molecule has 5 heteroatoms. The number of carbonyl (C=O) groups is 2. The van der Waals surface area contributed by atoms with E-state index >= 15 is 0 Å². The summed E-state index contributed by atoms with van der Waals surface area (Å²) in [5.41, 5.74) is 3.80. The molecule has 1 amide bonds. The molecule has 0 aliphatic carbocycles. The van der Waals surface area contributed by atoms with Gasteiger partial charge in [0.25, 0.3) is 5.91 Å². The van der Waals surface area contributed by atoms with E-state index in [4.69, 9.17) is 9.84 Å². The number of anilines is 1. The first-order chi connectivity index (χ1) is 11.0. The van der Waals surface area contributed by atoms with E-state index < -0.39 is 11.9 Å². The highest BCUT2D eigenvalue weighted by Crippen LogP contribution is 2.13. The van der Waals surface area contributed by atoms with Crippen LogP contribution in [0.1, 0.15) is 27.0 Å². The number of aliphatic hydroxyl groups excluding tert-OH is 1. The maximum Gasteiger partial charge on any atom is 0.338 e. The van der Waals surface area contributed by atoms with Crippen molar-refractivity contribution in [1.29, 1.82) is 0 Å². The number of esters is 1. The summed E-state index contributed by atoms with van der Waals surface area (Å²) >= 11 is 0. The summed E-state index contributed by atoms with van der Waals surface area (Å²) in [6.07, 6.45) is 0. The van der Waals surface area contributed by atoms with E-state index in [9.17, 15) is 9.59 Å². The van der Waals surface area contributed by atoms with Gasteiger partial charge in [0.05, 0.1) is 12.2 Å². The standard InChI is InChI=1S/C18H19NO4/c1-12-7-13(2)9-16(8-12)19-17(21)11-23-18(22)15-5-3-14(10-20)4-6-15/h3-9,20H,10-11H2,1-2H3,(H,19,21). The molecular formula is C18H19NO4. The summed E-state index contributed by atoms with van der Waals surface area (Å²) in [5.74, 6) is -0.972. The van der Waals surface area contributed by atoms with Crippen LogP contribution in [0.3, 0.4) is 0 Å². The summed E-state index contributed by atoms with van der Waals surface area (Å²) in [7, 11) is 0. The molecule has 0 aliphatic rings. The van der Waals surface area contributed by atoms with Gasteiger partial charge in [0.1, 0.15) is 0 Å². The number of ether oxygens (including phenoxy) is 1. The highest BCUT2D eigenvalue weighted by atomic mass is 16.5. The number of aliphatic hydroxyl groups is 1. The van der Waals surface area contributed by atoms with Gasteiger partial charge in [-0.05, 0) is 54.8 Å². The second-order valence-electron chi connectivity index (χ2n) is 5.36. The third kappa shape index (κ3) is 4.93. The van der Waals surface area contributed by atoms with E-state index in [2.05, 4.69) is 5.32 Å². The molecule has 0 radical (unpaired) electrons. The fourth-order valence-corrected chi connectivity index (χ4v) is 2.20. The van der Waals surface area contributed by atoms with Crippen LogP contribution in [-0.4, -0.2) is 23.6 Å². The van der Waals surface area contributed by atoms with Crippen LogP contribution in [0, 0.1) is 13.8 Å². The predicted octanol–water partition coefficient (Wildman–Crippen LogP) is 2.59. The first-order valence-electron chi connectivity index (χ1n) is 7.23. The van der Waals surface area contributed by atoms with Crippen LogP contribution in [0.15, 0.2) is 42.5 Å². The smallest absolute Gasteiger partial charge is 0.338 e. The Morgan fingerprint density at radius 3 is 2.22 bits per heavy atom. The summed E-state index contributed by atoms with van der Waals surface area (Å²) in [5, 5.41) is 11.7. The minimum atomic E-state index is -0.579. The van der Waals surface area contributed by atoms with Crippen LogP contribution in [0.5, 0.6) is 0 Å². The van der Waals surface area contributed by atoms with Crippen LogP contribution in [0.25, 0.3) is 0 Å². The Morgan fingerprint density at radius 1 is 1.04 bits per heavy atom. The number of carbonyl (C=O) groups excluding carboxylic acids is 2. The van der Waals surface area contributed by atoms with Gasteiger partial charge in [-0.25, -0.2) is 4.79 Å². The largest absolute Gasteiger partial charge is 0.452 e. The normalized spacial score (nSPS) is 10.2. The Bertz CT molecular complexity index is 687. The first-order valence-corrected chi connectivity index (χ1v) is 7.23. The molecule has 23 heavy (non-hydrogen) atoms. The molecule has 0 unspecified atom stereocenters. The van der Waals surface area contributed by atoms with Crippen LogP contribution in [-0.2, 0) is 16.1 Å². The maximum atomic E-state index is 11.8. The number of amides is 1. The molecule has 0 aliphatic heterocycles. The fourth-order valence-electron chi connectivity index (χ4n) is 2.20. The lowest BCUT2D eigenvalue weighted by Gasteiger charge is -2.08. The number of hydrogen-bond donors (Lipinski definition) is 2. The van der Waals surface area contributed by atoms with Gasteiger partial charge in [-0.1, -0.05) is 18.2 Å². The molecule has 2 aromatic carbocycles. The molecule has 0 aromatic heterocycles. The summed E-state index contributed by atoms with van der Waals surface area (Å²) in [6.45, 7) is 3.44. The molecular weight excluding hydrogens is 294 g/mol. The van der Waals surface area contributed by atoms with Gasteiger partial charge >= 0.3 is 5.97 Å². The highest BCUT2D eigenvalue weighted by Gasteiger charge is 2.10. The van der Waals surface area contributed by atoms with Gasteiger partial charge in [-0.3, -0.25) is 4.79 Å². The fraction of sp³-hybridized carbons (Fsp3) is 0.222. The van der Waals surface area contributed by atoms with Crippen molar-refractivity contribution in [2.24, 2.45) is 0 Å². The van der Waals surface area contributed by atoms with Gasteiger partial charge < -0.3 is 15.2 Å². The number of benzene rings is 2. The molecule has 0 bridgehead atoms. The Morgan fingerprint density at radius 2 is 1.65 bits per heavy atom. The average Bonchev–Trinajstić information content (AvgIpc) is 2.51. The molecule has 2 aromatic rings. The van der Waals surface area contributed by atoms with Gasteiger partial charge in [0.15, 0.2) is 6.61 Å². The molecule has 2 N–H and O–H groups in total. The third-order valence-electron chi connectivity index (χ3n) is 3.21. The van der Waals surface area contributed by atoms with Crippen molar-refractivity contribution in [3.8, 4) is 0 Å². The van der Waals surface area contributed by atoms with Crippen LogP contribution in [0.2, 0.25) is 0 Å². The Hall–Kier alpha value is -2.66. The van der Waals surface area contributed by atoms with E-state index in [1.165, 1.54) is 0 Å². The second-order valence-corrected chi connectivity index (χ2v) is 5.36. The monoisotopic (exact) mass is 313 g/mol. The van der Waals surface area contributed by atoms with Crippen molar-refractivity contribution in [2.75, 3.05) is 11.9 Å². The quantitative estimate of drug-likeness (QED) is 0.832. The van der Waals surface area contributed by atoms with E-state index in [-0.39, 0.29) is 13.2 Å². The van der Waals surface area contributed by atoms with E-state index in [0.29, 0.717) is 16.8 Å². The average molecular weight is 313 g/mol. The Balaban J connectivity index is 1.89. The van der Waals surface area contributed by atoms with Crippen LogP contribution < -0.4 is 5.32 Å². The highest BCUT2D eigenvalue weighted by molar-refractivity contribution is 5.95. The lowest BCUT2D eigenvalue weighted by molar-refractivity contribution is -0.119. The number of aryl methyl sites for hydroxylation is 2. The van der Waals surface area contributed by atoms with E-state index in [0.717, 1.165) is 11.1 Å². The number of hydrogen-bond acceptors (Lipinski definition) is 4. The zero-order chi connectivity index (χ0) is 16.8. The molecule has 0 fully saturated rings. The zero-order valence-electron chi connectivity index (χ0n) is 13.1. The predicted molar refractivity (Wildman–Crippen MR) is 87.2 cm³/mol. The Labute approximate surface area is 134 Å². The molecule has 2 rings (SSSR count). The zero-order valence-corrected chi connectivity index (χ0v) is 13.1. The van der Waals surface area contributed by atoms with Crippen molar-refractivity contribution in [3.63, 3.8) is 0 Å². The third-order valence-corrected chi connectivity index (χ3v) is 3.21. The van der Waals surface area contributed by atoms with Crippen LogP contribution in [0.4, 0.5) is 5.69 Å². The summed E-state index contributed by atoms with van der Waals surface area (Å²) in [4.78, 5) is 23.7.